The summed E-state index contributed by atoms with van der Waals surface area (Å²) in [4.78, 5) is 15.4. The van der Waals surface area contributed by atoms with E-state index >= 15 is 0 Å². The predicted octanol–water partition coefficient (Wildman–Crippen LogP) is 1.90. The van der Waals surface area contributed by atoms with Crippen molar-refractivity contribution in [2.45, 2.75) is 44.4 Å². The first-order valence-electron chi connectivity index (χ1n) is 8.78. The number of amides is 1. The molecule has 5 nitrogen and oxygen atoms in total. The maximum Gasteiger partial charge on any atom is 0.230 e. The van der Waals surface area contributed by atoms with Crippen LogP contribution in [-0.4, -0.2) is 47.2 Å². The third-order valence-electron chi connectivity index (χ3n) is 6.24. The minimum absolute atomic E-state index is 0.0826. The van der Waals surface area contributed by atoms with Crippen LogP contribution in [0.3, 0.4) is 0 Å². The number of carbonyl (C=O) groups excluding carboxylic acids is 1. The number of hydrogen-bond acceptors (Lipinski definition) is 3. The second-order valence-corrected chi connectivity index (χ2v) is 7.33. The molecular weight excluding hydrogens is 276 g/mol. The number of likely N-dealkylation sites (tertiary alicyclic amines) is 1. The Labute approximate surface area is 131 Å². The van der Waals surface area contributed by atoms with Gasteiger partial charge in [0.2, 0.25) is 5.91 Å². The van der Waals surface area contributed by atoms with E-state index < -0.39 is 0 Å². The lowest BCUT2D eigenvalue weighted by Gasteiger charge is -2.43. The first-order chi connectivity index (χ1) is 10.8. The van der Waals surface area contributed by atoms with Crippen LogP contribution in [0.5, 0.6) is 0 Å². The fraction of sp³-hybridized carbons (Fsp3) is 0.765. The number of H-pyrrole nitrogens is 1. The van der Waals surface area contributed by atoms with Gasteiger partial charge in [-0.2, -0.15) is 5.10 Å². The summed E-state index contributed by atoms with van der Waals surface area (Å²) in [6, 6.07) is 0. The van der Waals surface area contributed by atoms with E-state index in [9.17, 15) is 4.79 Å². The zero-order valence-corrected chi connectivity index (χ0v) is 13.2. The molecule has 2 saturated heterocycles. The van der Waals surface area contributed by atoms with Crippen LogP contribution in [0.4, 0.5) is 0 Å². The summed E-state index contributed by atoms with van der Waals surface area (Å²) >= 11 is 0. The van der Waals surface area contributed by atoms with Crippen molar-refractivity contribution in [2.75, 3.05) is 26.2 Å². The monoisotopic (exact) mass is 302 g/mol. The van der Waals surface area contributed by atoms with E-state index in [0.29, 0.717) is 17.7 Å². The van der Waals surface area contributed by atoms with Gasteiger partial charge in [0.25, 0.3) is 0 Å². The molecule has 3 fully saturated rings. The Hall–Kier alpha value is -1.36. The smallest absolute Gasteiger partial charge is 0.230 e. The lowest BCUT2D eigenvalue weighted by Crippen LogP contribution is -2.51. The largest absolute Gasteiger partial charge is 0.342 e. The summed E-state index contributed by atoms with van der Waals surface area (Å²) in [7, 11) is 0. The molecular formula is C17H26N4O. The highest BCUT2D eigenvalue weighted by Crippen LogP contribution is 2.45. The summed E-state index contributed by atoms with van der Waals surface area (Å²) in [5.74, 6) is 1.57. The van der Waals surface area contributed by atoms with Crippen LogP contribution in [0.2, 0.25) is 0 Å². The first-order valence-corrected chi connectivity index (χ1v) is 8.78. The van der Waals surface area contributed by atoms with Crippen LogP contribution in [0, 0.1) is 11.3 Å². The molecule has 1 amide bonds. The first kappa shape index (κ1) is 14.2. The fourth-order valence-electron chi connectivity index (χ4n) is 4.88. The van der Waals surface area contributed by atoms with Crippen LogP contribution < -0.4 is 5.32 Å². The molecule has 0 radical (unpaired) electrons. The Kier molecular flexibility index (Phi) is 3.68. The molecule has 1 aliphatic carbocycles. The molecule has 2 N–H and O–H groups in total. The van der Waals surface area contributed by atoms with Gasteiger partial charge in [-0.05, 0) is 49.6 Å². The van der Waals surface area contributed by atoms with E-state index in [0.717, 1.165) is 45.4 Å². The molecule has 0 aromatic carbocycles. The number of aromatic nitrogens is 2. The number of aromatic amines is 1. The van der Waals surface area contributed by atoms with Gasteiger partial charge in [0.15, 0.2) is 0 Å². The Balaban J connectivity index is 1.43. The fourth-order valence-corrected chi connectivity index (χ4v) is 4.88. The zero-order chi connectivity index (χ0) is 15.0. The van der Waals surface area contributed by atoms with Crippen molar-refractivity contribution < 1.29 is 4.79 Å². The molecule has 0 spiro atoms. The van der Waals surface area contributed by atoms with E-state index in [1.54, 1.807) is 0 Å². The Bertz CT molecular complexity index is 521. The van der Waals surface area contributed by atoms with E-state index in [1.807, 2.05) is 12.4 Å². The number of fused-ring (bicyclic) bond motifs is 1. The van der Waals surface area contributed by atoms with Crippen molar-refractivity contribution in [3.8, 4) is 0 Å². The molecule has 5 heteroatoms. The van der Waals surface area contributed by atoms with Gasteiger partial charge in [0.1, 0.15) is 0 Å². The molecule has 2 aliphatic heterocycles. The number of nitrogens with one attached hydrogen (secondary N) is 2. The van der Waals surface area contributed by atoms with Crippen molar-refractivity contribution in [1.29, 1.82) is 0 Å². The number of rotatable bonds is 2. The lowest BCUT2D eigenvalue weighted by atomic mass is 9.67. The highest BCUT2D eigenvalue weighted by atomic mass is 16.2. The summed E-state index contributed by atoms with van der Waals surface area (Å²) in [6.07, 6.45) is 10.9. The maximum atomic E-state index is 13.2. The standard InChI is InChI=1S/C17H26N4O/c22-16(17-6-2-1-3-15(17)11-18-12-17)21-7-4-13(5-8-21)14-9-19-20-10-14/h9-10,13,15,18H,1-8,11-12H2,(H,19,20)/t15-,17+/m0/s1. The van der Waals surface area contributed by atoms with Crippen LogP contribution in [0.1, 0.15) is 50.0 Å². The van der Waals surface area contributed by atoms with Crippen LogP contribution in [0.15, 0.2) is 12.4 Å². The molecule has 1 saturated carbocycles. The average molecular weight is 302 g/mol. The van der Waals surface area contributed by atoms with E-state index in [1.165, 1.54) is 24.8 Å². The van der Waals surface area contributed by atoms with Crippen LogP contribution >= 0.6 is 0 Å². The maximum absolute atomic E-state index is 13.2. The average Bonchev–Trinajstić information content (AvgIpc) is 3.24. The van der Waals surface area contributed by atoms with E-state index in [2.05, 4.69) is 20.4 Å². The second-order valence-electron chi connectivity index (χ2n) is 7.33. The summed E-state index contributed by atoms with van der Waals surface area (Å²) < 4.78 is 0. The van der Waals surface area contributed by atoms with Crippen molar-refractivity contribution >= 4 is 5.91 Å². The Morgan fingerprint density at radius 3 is 2.91 bits per heavy atom. The highest BCUT2D eigenvalue weighted by Gasteiger charge is 2.51. The molecule has 4 rings (SSSR count). The molecule has 3 heterocycles. The summed E-state index contributed by atoms with van der Waals surface area (Å²) in [5.41, 5.74) is 1.21. The predicted molar refractivity (Wildman–Crippen MR) is 84.4 cm³/mol. The molecule has 0 bridgehead atoms. The number of nitrogens with zero attached hydrogens (tertiary/aromatic N) is 2. The van der Waals surface area contributed by atoms with Gasteiger partial charge in [-0.1, -0.05) is 12.8 Å². The Morgan fingerprint density at radius 2 is 2.14 bits per heavy atom. The zero-order valence-electron chi connectivity index (χ0n) is 13.2. The highest BCUT2D eigenvalue weighted by molar-refractivity contribution is 5.84. The third kappa shape index (κ3) is 2.26. The van der Waals surface area contributed by atoms with Crippen LogP contribution in [-0.2, 0) is 4.79 Å². The lowest BCUT2D eigenvalue weighted by molar-refractivity contribution is -0.146. The van der Waals surface area contributed by atoms with Gasteiger partial charge in [-0.15, -0.1) is 0 Å². The topological polar surface area (TPSA) is 61.0 Å². The van der Waals surface area contributed by atoms with Crippen molar-refractivity contribution in [3.05, 3.63) is 18.0 Å². The molecule has 1 aromatic heterocycles. The minimum Gasteiger partial charge on any atom is -0.342 e. The van der Waals surface area contributed by atoms with E-state index in [4.69, 9.17) is 0 Å². The quantitative estimate of drug-likeness (QED) is 0.877. The number of piperidine rings is 1. The van der Waals surface area contributed by atoms with Crippen molar-refractivity contribution in [3.63, 3.8) is 0 Å². The van der Waals surface area contributed by atoms with Gasteiger partial charge >= 0.3 is 0 Å². The number of carbonyl (C=O) groups is 1. The molecule has 120 valence electrons. The van der Waals surface area contributed by atoms with Crippen molar-refractivity contribution in [2.24, 2.45) is 11.3 Å². The second kappa shape index (κ2) is 5.69. The molecule has 22 heavy (non-hydrogen) atoms. The Morgan fingerprint density at radius 1 is 1.27 bits per heavy atom. The van der Waals surface area contributed by atoms with Gasteiger partial charge < -0.3 is 10.2 Å². The summed E-state index contributed by atoms with van der Waals surface area (Å²) in [6.45, 7) is 3.75. The molecule has 1 aromatic rings. The molecule has 3 aliphatic rings. The third-order valence-corrected chi connectivity index (χ3v) is 6.24. The van der Waals surface area contributed by atoms with Gasteiger partial charge in [-0.3, -0.25) is 9.89 Å². The van der Waals surface area contributed by atoms with Gasteiger partial charge in [-0.25, -0.2) is 0 Å². The SMILES string of the molecule is O=C(N1CCC(c2cn[nH]c2)CC1)[C@@]12CCCC[C@H]1CNC2. The molecule has 2 atom stereocenters. The van der Waals surface area contributed by atoms with E-state index in [-0.39, 0.29) is 5.41 Å². The van der Waals surface area contributed by atoms with Crippen molar-refractivity contribution in [1.82, 2.24) is 20.4 Å². The van der Waals surface area contributed by atoms with Gasteiger partial charge in [0.05, 0.1) is 11.6 Å². The summed E-state index contributed by atoms with van der Waals surface area (Å²) in [5, 5.41) is 10.5. The number of hydrogen-bond donors (Lipinski definition) is 2. The van der Waals surface area contributed by atoms with Crippen LogP contribution in [0.25, 0.3) is 0 Å². The van der Waals surface area contributed by atoms with Gasteiger partial charge in [0, 0.05) is 25.8 Å². The molecule has 0 unspecified atom stereocenters. The normalized spacial score (nSPS) is 32.9. The minimum atomic E-state index is -0.0826.